The molecule has 1 amide bonds. The van der Waals surface area contributed by atoms with E-state index >= 15 is 0 Å². The van der Waals surface area contributed by atoms with E-state index < -0.39 is 15.9 Å². The minimum atomic E-state index is -3.06. The fraction of sp³-hybridized carbons (Fsp3) is 0.923. The molecule has 6 heteroatoms. The van der Waals surface area contributed by atoms with Crippen LogP contribution in [0.25, 0.3) is 0 Å². The van der Waals surface area contributed by atoms with Gasteiger partial charge in [0.2, 0.25) is 5.91 Å². The van der Waals surface area contributed by atoms with E-state index in [1.165, 1.54) is 6.26 Å². The fourth-order valence-electron chi connectivity index (χ4n) is 2.34. The molecule has 5 nitrogen and oxygen atoms in total. The van der Waals surface area contributed by atoms with E-state index in [4.69, 9.17) is 5.73 Å². The predicted molar refractivity (Wildman–Crippen MR) is 76.5 cm³/mol. The van der Waals surface area contributed by atoms with Crippen molar-refractivity contribution in [3.05, 3.63) is 0 Å². The number of likely N-dealkylation sites (tertiary alicyclic amines) is 1. The van der Waals surface area contributed by atoms with Crippen molar-refractivity contribution in [1.29, 1.82) is 0 Å². The number of hydrogen-bond acceptors (Lipinski definition) is 4. The number of sulfone groups is 1. The van der Waals surface area contributed by atoms with Gasteiger partial charge in [-0.15, -0.1) is 0 Å². The summed E-state index contributed by atoms with van der Waals surface area (Å²) in [5.74, 6) is -0.138. The van der Waals surface area contributed by atoms with E-state index in [1.807, 2.05) is 0 Å². The van der Waals surface area contributed by atoms with Crippen LogP contribution >= 0.6 is 0 Å². The molecular weight excluding hydrogens is 264 g/mol. The van der Waals surface area contributed by atoms with E-state index in [-0.39, 0.29) is 23.5 Å². The average Bonchev–Trinajstić information content (AvgIpc) is 2.45. The van der Waals surface area contributed by atoms with Gasteiger partial charge in [-0.25, -0.2) is 8.42 Å². The average molecular weight is 290 g/mol. The van der Waals surface area contributed by atoms with Crippen molar-refractivity contribution in [2.75, 3.05) is 25.1 Å². The van der Waals surface area contributed by atoms with Crippen LogP contribution < -0.4 is 5.73 Å². The Bertz CT molecular complexity index is 418. The summed E-state index contributed by atoms with van der Waals surface area (Å²) in [7, 11) is -3.06. The molecule has 0 aliphatic carbocycles. The molecule has 0 aromatic rings. The van der Waals surface area contributed by atoms with Gasteiger partial charge in [0.1, 0.15) is 9.84 Å². The van der Waals surface area contributed by atoms with Crippen molar-refractivity contribution in [2.24, 2.45) is 11.1 Å². The summed E-state index contributed by atoms with van der Waals surface area (Å²) in [6.45, 7) is 5.88. The van der Waals surface area contributed by atoms with Crippen LogP contribution in [0.15, 0.2) is 0 Å². The molecule has 2 N–H and O–H groups in total. The van der Waals surface area contributed by atoms with Crippen molar-refractivity contribution < 1.29 is 13.2 Å². The highest BCUT2D eigenvalue weighted by Gasteiger charge is 2.28. The lowest BCUT2D eigenvalue weighted by molar-refractivity contribution is -0.132. The second-order valence-electron chi connectivity index (χ2n) is 6.37. The van der Waals surface area contributed by atoms with Crippen LogP contribution in [0.2, 0.25) is 0 Å². The van der Waals surface area contributed by atoms with E-state index in [0.29, 0.717) is 0 Å². The van der Waals surface area contributed by atoms with Gasteiger partial charge in [-0.05, 0) is 31.1 Å². The second-order valence-corrected chi connectivity index (χ2v) is 8.63. The van der Waals surface area contributed by atoms with Gasteiger partial charge in [-0.3, -0.25) is 4.79 Å². The summed E-state index contributed by atoms with van der Waals surface area (Å²) >= 11 is 0. The van der Waals surface area contributed by atoms with Gasteiger partial charge >= 0.3 is 0 Å². The predicted octanol–water partition coefficient (Wildman–Crippen LogP) is 0.787. The summed E-state index contributed by atoms with van der Waals surface area (Å²) in [5.41, 5.74) is 6.09. The lowest BCUT2D eigenvalue weighted by Gasteiger charge is -2.25. The molecule has 0 radical (unpaired) electrons. The number of rotatable bonds is 4. The van der Waals surface area contributed by atoms with E-state index in [9.17, 15) is 13.2 Å². The van der Waals surface area contributed by atoms with Crippen LogP contribution in [0.3, 0.4) is 0 Å². The minimum Gasteiger partial charge on any atom is -0.341 e. The van der Waals surface area contributed by atoms with Gasteiger partial charge in [0.15, 0.2) is 0 Å². The normalized spacial score (nSPS) is 21.8. The van der Waals surface area contributed by atoms with Crippen LogP contribution in [-0.4, -0.2) is 50.4 Å². The zero-order chi connectivity index (χ0) is 14.7. The lowest BCUT2D eigenvalue weighted by atomic mass is 9.85. The molecule has 1 saturated heterocycles. The number of hydrogen-bond donors (Lipinski definition) is 1. The highest BCUT2D eigenvalue weighted by molar-refractivity contribution is 7.90. The van der Waals surface area contributed by atoms with Crippen molar-refractivity contribution in [1.82, 2.24) is 4.90 Å². The standard InChI is InChI=1S/C13H26N2O3S/c1-13(2)6-4-8-15(9-7-13)12(16)11(14)5-10-19(3,17)18/h11H,4-10,14H2,1-3H3. The van der Waals surface area contributed by atoms with Crippen LogP contribution in [0, 0.1) is 5.41 Å². The maximum absolute atomic E-state index is 12.2. The molecular formula is C13H26N2O3S. The number of carbonyl (C=O) groups is 1. The monoisotopic (exact) mass is 290 g/mol. The highest BCUT2D eigenvalue weighted by atomic mass is 32.2. The van der Waals surface area contributed by atoms with Crippen molar-refractivity contribution >= 4 is 15.7 Å². The second kappa shape index (κ2) is 6.22. The van der Waals surface area contributed by atoms with Crippen molar-refractivity contribution in [2.45, 2.75) is 45.6 Å². The molecule has 1 fully saturated rings. The quantitative estimate of drug-likeness (QED) is 0.830. The van der Waals surface area contributed by atoms with Gasteiger partial charge in [0.25, 0.3) is 0 Å². The zero-order valence-corrected chi connectivity index (χ0v) is 13.0. The molecule has 112 valence electrons. The molecule has 0 aromatic heterocycles. The first kappa shape index (κ1) is 16.4. The molecule has 1 atom stereocenters. The number of nitrogens with two attached hydrogens (primary N) is 1. The maximum Gasteiger partial charge on any atom is 0.239 e. The molecule has 0 saturated carbocycles. The van der Waals surface area contributed by atoms with Gasteiger partial charge in [0, 0.05) is 19.3 Å². The minimum absolute atomic E-state index is 0.0285. The highest BCUT2D eigenvalue weighted by Crippen LogP contribution is 2.29. The molecule has 1 aliphatic heterocycles. The largest absolute Gasteiger partial charge is 0.341 e. The Kier molecular flexibility index (Phi) is 5.38. The first-order chi connectivity index (χ1) is 8.61. The van der Waals surface area contributed by atoms with Gasteiger partial charge < -0.3 is 10.6 Å². The smallest absolute Gasteiger partial charge is 0.239 e. The fourth-order valence-corrected chi connectivity index (χ4v) is 3.02. The van der Waals surface area contributed by atoms with Gasteiger partial charge in [0.05, 0.1) is 11.8 Å². The Morgan fingerprint density at radius 1 is 1.32 bits per heavy atom. The molecule has 1 rings (SSSR count). The summed E-state index contributed by atoms with van der Waals surface area (Å²) in [6, 6.07) is -0.698. The summed E-state index contributed by atoms with van der Waals surface area (Å²) < 4.78 is 22.2. The van der Waals surface area contributed by atoms with Crippen LogP contribution in [0.1, 0.15) is 39.5 Å². The SMILES string of the molecule is CC1(C)CCCN(C(=O)C(N)CCS(C)(=O)=O)CC1. The third-order valence-corrected chi connectivity index (χ3v) is 4.75. The Morgan fingerprint density at radius 3 is 2.53 bits per heavy atom. The number of carbonyl (C=O) groups excluding carboxylic acids is 1. The van der Waals surface area contributed by atoms with Gasteiger partial charge in [-0.2, -0.15) is 0 Å². The van der Waals surface area contributed by atoms with E-state index in [0.717, 1.165) is 32.4 Å². The maximum atomic E-state index is 12.2. The zero-order valence-electron chi connectivity index (χ0n) is 12.2. The van der Waals surface area contributed by atoms with E-state index in [2.05, 4.69) is 13.8 Å². The Balaban J connectivity index is 2.52. The molecule has 0 bridgehead atoms. The first-order valence-corrected chi connectivity index (χ1v) is 8.89. The number of nitrogens with zero attached hydrogens (tertiary/aromatic N) is 1. The topological polar surface area (TPSA) is 80.5 Å². The van der Waals surface area contributed by atoms with E-state index in [1.54, 1.807) is 4.90 Å². The van der Waals surface area contributed by atoms with Gasteiger partial charge in [-0.1, -0.05) is 13.8 Å². The molecule has 1 aliphatic rings. The first-order valence-electron chi connectivity index (χ1n) is 6.83. The Labute approximate surface area is 116 Å². The molecule has 0 spiro atoms. The van der Waals surface area contributed by atoms with Crippen LogP contribution in [-0.2, 0) is 14.6 Å². The summed E-state index contributed by atoms with van der Waals surface area (Å²) in [5, 5.41) is 0. The van der Waals surface area contributed by atoms with Crippen molar-refractivity contribution in [3.8, 4) is 0 Å². The van der Waals surface area contributed by atoms with Crippen LogP contribution in [0.4, 0.5) is 0 Å². The number of amides is 1. The summed E-state index contributed by atoms with van der Waals surface area (Å²) in [6.07, 6.45) is 4.43. The Hall–Kier alpha value is -0.620. The summed E-state index contributed by atoms with van der Waals surface area (Å²) in [4.78, 5) is 14.0. The lowest BCUT2D eigenvalue weighted by Crippen LogP contribution is -2.45. The molecule has 19 heavy (non-hydrogen) atoms. The third kappa shape index (κ3) is 5.91. The molecule has 1 heterocycles. The molecule has 1 unspecified atom stereocenters. The Morgan fingerprint density at radius 2 is 1.95 bits per heavy atom. The molecule has 0 aromatic carbocycles. The van der Waals surface area contributed by atoms with Crippen molar-refractivity contribution in [3.63, 3.8) is 0 Å². The third-order valence-electron chi connectivity index (χ3n) is 3.77. The van der Waals surface area contributed by atoms with Crippen LogP contribution in [0.5, 0.6) is 0 Å².